The fraction of sp³-hybridized carbons (Fsp3) is 0.316. The summed E-state index contributed by atoms with van der Waals surface area (Å²) in [5, 5.41) is 3.34. The number of carbonyl (C=O) groups excluding carboxylic acids is 1. The van der Waals surface area contributed by atoms with Crippen molar-refractivity contribution >= 4 is 50.5 Å². The molecule has 1 atom stereocenters. The number of anilines is 3. The van der Waals surface area contributed by atoms with E-state index in [1.807, 2.05) is 24.3 Å². The molecule has 3 rings (SSSR count). The molecule has 132 valence electrons. The Kier molecular flexibility index (Phi) is 5.54. The van der Waals surface area contributed by atoms with Crippen LogP contribution in [0, 0.1) is 0 Å². The fourth-order valence-corrected chi connectivity index (χ4v) is 3.90. The number of amides is 1. The lowest BCUT2D eigenvalue weighted by atomic mass is 10.0. The van der Waals surface area contributed by atoms with E-state index in [0.717, 1.165) is 29.5 Å². The van der Waals surface area contributed by atoms with Crippen molar-refractivity contribution in [1.29, 1.82) is 0 Å². The van der Waals surface area contributed by atoms with Crippen molar-refractivity contribution in [2.75, 3.05) is 22.5 Å². The van der Waals surface area contributed by atoms with E-state index in [-0.39, 0.29) is 5.91 Å². The van der Waals surface area contributed by atoms with Gasteiger partial charge in [-0.3, -0.25) is 4.79 Å². The third-order valence-corrected chi connectivity index (χ3v) is 5.60. The Balaban J connectivity index is 1.90. The van der Waals surface area contributed by atoms with Crippen LogP contribution in [0.3, 0.4) is 0 Å². The number of nitrogens with one attached hydrogen (secondary N) is 1. The smallest absolute Gasteiger partial charge is 0.256 e. The lowest BCUT2D eigenvalue weighted by Gasteiger charge is -2.36. The summed E-state index contributed by atoms with van der Waals surface area (Å²) in [4.78, 5) is 14.9. The Hall–Kier alpha value is -1.72. The predicted octanol–water partition coefficient (Wildman–Crippen LogP) is 5.32. The van der Waals surface area contributed by atoms with Gasteiger partial charge in [0.15, 0.2) is 0 Å². The Morgan fingerprint density at radius 2 is 2.08 bits per heavy atom. The summed E-state index contributed by atoms with van der Waals surface area (Å²) < 4.78 is 0.740. The first-order valence-corrected chi connectivity index (χ1v) is 9.56. The maximum atomic E-state index is 12.6. The normalized spacial score (nSPS) is 17.4. The number of piperidine rings is 1. The largest absolute Gasteiger partial charge is 0.397 e. The first-order valence-electron chi connectivity index (χ1n) is 8.39. The molecule has 0 aliphatic carbocycles. The van der Waals surface area contributed by atoms with Gasteiger partial charge >= 0.3 is 0 Å². The highest BCUT2D eigenvalue weighted by molar-refractivity contribution is 9.10. The molecule has 1 aliphatic heterocycles. The number of rotatable bonds is 3. The molecular formula is C19H21BrClN3O. The van der Waals surface area contributed by atoms with Crippen molar-refractivity contribution in [3.05, 3.63) is 51.5 Å². The highest BCUT2D eigenvalue weighted by Gasteiger charge is 2.22. The molecule has 1 heterocycles. The molecule has 0 unspecified atom stereocenters. The van der Waals surface area contributed by atoms with Crippen molar-refractivity contribution in [3.63, 3.8) is 0 Å². The van der Waals surface area contributed by atoms with Gasteiger partial charge in [-0.2, -0.15) is 0 Å². The van der Waals surface area contributed by atoms with Crippen LogP contribution in [0.4, 0.5) is 17.1 Å². The van der Waals surface area contributed by atoms with Crippen LogP contribution in [-0.2, 0) is 0 Å². The Labute approximate surface area is 161 Å². The molecular weight excluding hydrogens is 402 g/mol. The van der Waals surface area contributed by atoms with Crippen LogP contribution in [-0.4, -0.2) is 18.5 Å². The summed E-state index contributed by atoms with van der Waals surface area (Å²) in [6, 6.07) is 11.3. The quantitative estimate of drug-likeness (QED) is 0.658. The maximum Gasteiger partial charge on any atom is 0.256 e. The molecule has 1 saturated heterocycles. The number of benzene rings is 2. The first kappa shape index (κ1) is 18.1. The topological polar surface area (TPSA) is 58.4 Å². The minimum absolute atomic E-state index is 0.211. The molecule has 4 nitrogen and oxygen atoms in total. The number of carbonyl (C=O) groups is 1. The molecule has 1 amide bonds. The molecule has 2 aromatic rings. The molecule has 0 saturated carbocycles. The third kappa shape index (κ3) is 3.93. The summed E-state index contributed by atoms with van der Waals surface area (Å²) >= 11 is 9.73. The van der Waals surface area contributed by atoms with Crippen LogP contribution in [0.15, 0.2) is 40.9 Å². The highest BCUT2D eigenvalue weighted by atomic mass is 79.9. The minimum atomic E-state index is -0.211. The molecule has 1 fully saturated rings. The summed E-state index contributed by atoms with van der Waals surface area (Å²) in [6.07, 6.45) is 3.52. The molecule has 6 heteroatoms. The van der Waals surface area contributed by atoms with E-state index in [1.54, 1.807) is 12.1 Å². The second-order valence-electron chi connectivity index (χ2n) is 6.36. The number of hydrogen-bond donors (Lipinski definition) is 2. The van der Waals surface area contributed by atoms with Gasteiger partial charge in [-0.05, 0) is 66.4 Å². The molecule has 0 spiro atoms. The minimum Gasteiger partial charge on any atom is -0.397 e. The van der Waals surface area contributed by atoms with E-state index in [9.17, 15) is 4.79 Å². The number of halogens is 2. The van der Waals surface area contributed by atoms with Crippen LogP contribution in [0.5, 0.6) is 0 Å². The fourth-order valence-electron chi connectivity index (χ4n) is 3.21. The summed E-state index contributed by atoms with van der Waals surface area (Å²) in [7, 11) is 0. The van der Waals surface area contributed by atoms with Gasteiger partial charge < -0.3 is 16.0 Å². The van der Waals surface area contributed by atoms with Crippen molar-refractivity contribution < 1.29 is 4.79 Å². The zero-order chi connectivity index (χ0) is 18.0. The van der Waals surface area contributed by atoms with Crippen molar-refractivity contribution in [3.8, 4) is 0 Å². The van der Waals surface area contributed by atoms with Gasteiger partial charge in [0.05, 0.1) is 27.6 Å². The van der Waals surface area contributed by atoms with Crippen LogP contribution < -0.4 is 16.0 Å². The number of nitrogens with zero attached hydrogens (tertiary/aromatic N) is 1. The number of hydrogen-bond acceptors (Lipinski definition) is 3. The van der Waals surface area contributed by atoms with Gasteiger partial charge in [0.2, 0.25) is 0 Å². The highest BCUT2D eigenvalue weighted by Crippen LogP contribution is 2.36. The lowest BCUT2D eigenvalue weighted by Crippen LogP contribution is -2.37. The molecule has 0 bridgehead atoms. The molecule has 1 aliphatic rings. The second-order valence-corrected chi connectivity index (χ2v) is 7.62. The molecule has 0 radical (unpaired) electrons. The van der Waals surface area contributed by atoms with E-state index in [2.05, 4.69) is 33.1 Å². The monoisotopic (exact) mass is 421 g/mol. The van der Waals surface area contributed by atoms with Crippen molar-refractivity contribution in [2.24, 2.45) is 0 Å². The van der Waals surface area contributed by atoms with E-state index in [4.69, 9.17) is 17.3 Å². The van der Waals surface area contributed by atoms with Crippen LogP contribution in [0.1, 0.15) is 36.5 Å². The number of nitrogens with two attached hydrogens (primary N) is 1. The summed E-state index contributed by atoms with van der Waals surface area (Å²) in [5.74, 6) is -0.211. The SMILES string of the molecule is C[C@@H]1CCCCN1c1cc(NC(=O)c2ccccc2Br)c(Cl)cc1N. The predicted molar refractivity (Wildman–Crippen MR) is 109 cm³/mol. The van der Waals surface area contributed by atoms with Gasteiger partial charge in [0.1, 0.15) is 0 Å². The average molecular weight is 423 g/mol. The maximum absolute atomic E-state index is 12.6. The lowest BCUT2D eigenvalue weighted by molar-refractivity contribution is 0.102. The first-order chi connectivity index (χ1) is 12.0. The van der Waals surface area contributed by atoms with E-state index in [0.29, 0.717) is 28.0 Å². The standard InChI is InChI=1S/C19H21BrClN3O/c1-12-6-4-5-9-24(12)18-11-17(15(21)10-16(18)22)23-19(25)13-7-2-3-8-14(13)20/h2-3,7-8,10-12H,4-6,9,22H2,1H3,(H,23,25)/t12-/m1/s1. The Morgan fingerprint density at radius 1 is 1.32 bits per heavy atom. The molecule has 25 heavy (non-hydrogen) atoms. The van der Waals surface area contributed by atoms with Gasteiger partial charge in [0.25, 0.3) is 5.91 Å². The Bertz CT molecular complexity index is 796. The average Bonchev–Trinajstić information content (AvgIpc) is 2.58. The van der Waals surface area contributed by atoms with Crippen LogP contribution >= 0.6 is 27.5 Å². The van der Waals surface area contributed by atoms with E-state index in [1.165, 1.54) is 6.42 Å². The number of nitrogen functional groups attached to an aromatic ring is 1. The van der Waals surface area contributed by atoms with Crippen molar-refractivity contribution in [2.45, 2.75) is 32.2 Å². The summed E-state index contributed by atoms with van der Waals surface area (Å²) in [5.41, 5.74) is 8.90. The van der Waals surface area contributed by atoms with Crippen molar-refractivity contribution in [1.82, 2.24) is 0 Å². The van der Waals surface area contributed by atoms with Gasteiger partial charge in [0, 0.05) is 17.1 Å². The van der Waals surface area contributed by atoms with Gasteiger partial charge in [-0.15, -0.1) is 0 Å². The Morgan fingerprint density at radius 3 is 2.80 bits per heavy atom. The van der Waals surface area contributed by atoms with E-state index < -0.39 is 0 Å². The van der Waals surface area contributed by atoms with Crippen LogP contribution in [0.2, 0.25) is 5.02 Å². The zero-order valence-corrected chi connectivity index (χ0v) is 16.4. The van der Waals surface area contributed by atoms with Gasteiger partial charge in [-0.25, -0.2) is 0 Å². The molecule has 3 N–H and O–H groups in total. The van der Waals surface area contributed by atoms with Gasteiger partial charge in [-0.1, -0.05) is 23.7 Å². The van der Waals surface area contributed by atoms with Crippen LogP contribution in [0.25, 0.3) is 0 Å². The zero-order valence-electron chi connectivity index (χ0n) is 14.1. The third-order valence-electron chi connectivity index (χ3n) is 4.60. The molecule has 0 aromatic heterocycles. The molecule has 2 aromatic carbocycles. The second kappa shape index (κ2) is 7.67. The summed E-state index contributed by atoms with van der Waals surface area (Å²) in [6.45, 7) is 3.16. The van der Waals surface area contributed by atoms with E-state index >= 15 is 0 Å².